The molecule has 9 nitrogen and oxygen atoms in total. The zero-order valence-corrected chi connectivity index (χ0v) is 56.5. The first kappa shape index (κ1) is 80.9. The lowest BCUT2D eigenvalue weighted by atomic mass is 10.0. The van der Waals surface area contributed by atoms with Crippen LogP contribution in [-0.4, -0.2) is 69.4 Å². The molecule has 1 N–H and O–H groups in total. The van der Waals surface area contributed by atoms with Gasteiger partial charge in [-0.1, -0.05) is 279 Å². The molecule has 84 heavy (non-hydrogen) atoms. The van der Waals surface area contributed by atoms with Gasteiger partial charge in [0.05, 0.1) is 33.8 Å². The number of quaternary nitrogens is 1. The van der Waals surface area contributed by atoms with E-state index in [2.05, 4.69) is 111 Å². The number of likely N-dealkylation sites (N-methyl/N-ethyl adjacent to an activating group) is 1. The van der Waals surface area contributed by atoms with Crippen LogP contribution in [0.3, 0.4) is 0 Å². The maximum atomic E-state index is 13.6. The van der Waals surface area contributed by atoms with Gasteiger partial charge < -0.3 is 28.5 Å². The van der Waals surface area contributed by atoms with Gasteiger partial charge >= 0.3 is 5.97 Å². The molecule has 0 rings (SSSR count). The summed E-state index contributed by atoms with van der Waals surface area (Å²) in [5.41, 5.74) is 0. The lowest BCUT2D eigenvalue weighted by Crippen LogP contribution is -2.47. The van der Waals surface area contributed by atoms with Gasteiger partial charge in [-0.15, -0.1) is 0 Å². The van der Waals surface area contributed by atoms with Crippen LogP contribution in [-0.2, 0) is 27.9 Å². The number of nitrogens with one attached hydrogen (secondary N) is 1. The molecule has 0 radical (unpaired) electrons. The van der Waals surface area contributed by atoms with E-state index in [0.717, 1.165) is 89.9 Å². The Kier molecular flexibility index (Phi) is 60.7. The molecule has 0 aliphatic heterocycles. The molecule has 0 fully saturated rings. The van der Waals surface area contributed by atoms with Crippen molar-refractivity contribution in [2.24, 2.45) is 0 Å². The number of rotatable bonds is 63. The van der Waals surface area contributed by atoms with Crippen molar-refractivity contribution in [3.05, 3.63) is 97.2 Å². The van der Waals surface area contributed by atoms with Crippen LogP contribution in [0.5, 0.6) is 0 Å². The van der Waals surface area contributed by atoms with Gasteiger partial charge in [-0.05, 0) is 115 Å². The summed E-state index contributed by atoms with van der Waals surface area (Å²) >= 11 is 0. The molecule has 3 unspecified atom stereocenters. The predicted molar refractivity (Wildman–Crippen MR) is 362 cm³/mol. The molecule has 0 aromatic carbocycles. The highest BCUT2D eigenvalue weighted by atomic mass is 31.2. The Balaban J connectivity index is 5.10. The maximum Gasteiger partial charge on any atom is 0.306 e. The van der Waals surface area contributed by atoms with Crippen molar-refractivity contribution in [3.63, 3.8) is 0 Å². The monoisotopic (exact) mass is 1190 g/mol. The molecule has 0 heterocycles. The van der Waals surface area contributed by atoms with E-state index in [1.165, 1.54) is 180 Å². The van der Waals surface area contributed by atoms with Crippen molar-refractivity contribution in [1.82, 2.24) is 5.32 Å². The van der Waals surface area contributed by atoms with Crippen LogP contribution >= 0.6 is 7.82 Å². The average Bonchev–Trinajstić information content (AvgIpc) is 3.65. The van der Waals surface area contributed by atoms with Gasteiger partial charge in [0, 0.05) is 12.8 Å². The first-order valence-corrected chi connectivity index (χ1v) is 36.5. The number of carbonyl (C=O) groups is 2. The minimum Gasteiger partial charge on any atom is -0.756 e. The smallest absolute Gasteiger partial charge is 0.306 e. The molecule has 0 saturated carbocycles. The van der Waals surface area contributed by atoms with E-state index in [0.29, 0.717) is 23.9 Å². The molecular formula is C74H133N2O7P. The molecule has 10 heteroatoms. The fourth-order valence-electron chi connectivity index (χ4n) is 9.81. The Morgan fingerprint density at radius 1 is 0.417 bits per heavy atom. The Hall–Kier alpha value is -3.07. The fraction of sp³-hybridized carbons (Fsp3) is 0.757. The quantitative estimate of drug-likeness (QED) is 0.0212. The summed E-state index contributed by atoms with van der Waals surface area (Å²) in [7, 11) is 1.16. The van der Waals surface area contributed by atoms with E-state index in [4.69, 9.17) is 13.8 Å². The molecule has 0 aliphatic rings. The first-order valence-electron chi connectivity index (χ1n) is 35.0. The fourth-order valence-corrected chi connectivity index (χ4v) is 10.5. The first-order chi connectivity index (χ1) is 40.9. The molecule has 0 aromatic heterocycles. The molecule has 0 saturated heterocycles. The van der Waals surface area contributed by atoms with Gasteiger partial charge in [-0.25, -0.2) is 0 Å². The molecule has 3 atom stereocenters. The summed E-state index contributed by atoms with van der Waals surface area (Å²) in [5, 5.41) is 3.03. The third kappa shape index (κ3) is 63.4. The van der Waals surface area contributed by atoms with E-state index in [9.17, 15) is 19.0 Å². The third-order valence-corrected chi connectivity index (χ3v) is 16.2. The van der Waals surface area contributed by atoms with Crippen molar-refractivity contribution < 1.29 is 37.3 Å². The van der Waals surface area contributed by atoms with Crippen molar-refractivity contribution in [2.45, 2.75) is 322 Å². The van der Waals surface area contributed by atoms with Gasteiger partial charge in [0.15, 0.2) is 0 Å². The Bertz CT molecular complexity index is 1760. The summed E-state index contributed by atoms with van der Waals surface area (Å²) in [6.45, 7) is 6.78. The second kappa shape index (κ2) is 63.0. The van der Waals surface area contributed by atoms with E-state index < -0.39 is 26.6 Å². The second-order valence-electron chi connectivity index (χ2n) is 24.7. The Morgan fingerprint density at radius 3 is 1.12 bits per heavy atom. The Labute approximate surface area is 519 Å². The summed E-state index contributed by atoms with van der Waals surface area (Å²) in [6, 6.07) is -0.907. The predicted octanol–water partition coefficient (Wildman–Crippen LogP) is 21.7. The molecule has 0 spiro atoms. The van der Waals surface area contributed by atoms with Gasteiger partial charge in [0.25, 0.3) is 7.82 Å². The van der Waals surface area contributed by atoms with Crippen LogP contribution in [0, 0.1) is 0 Å². The van der Waals surface area contributed by atoms with Gasteiger partial charge in [0.1, 0.15) is 19.3 Å². The van der Waals surface area contributed by atoms with Crippen molar-refractivity contribution >= 4 is 19.7 Å². The highest BCUT2D eigenvalue weighted by molar-refractivity contribution is 7.45. The third-order valence-electron chi connectivity index (χ3n) is 15.2. The van der Waals surface area contributed by atoms with E-state index in [1.807, 2.05) is 33.3 Å². The van der Waals surface area contributed by atoms with Crippen molar-refractivity contribution in [1.29, 1.82) is 0 Å². The molecule has 486 valence electrons. The van der Waals surface area contributed by atoms with E-state index >= 15 is 0 Å². The number of hydrogen-bond donors (Lipinski definition) is 1. The Morgan fingerprint density at radius 2 is 0.726 bits per heavy atom. The number of esters is 1. The molecule has 0 aromatic rings. The van der Waals surface area contributed by atoms with Crippen molar-refractivity contribution in [3.8, 4) is 0 Å². The van der Waals surface area contributed by atoms with Gasteiger partial charge in [-0.2, -0.15) is 0 Å². The highest BCUT2D eigenvalue weighted by Gasteiger charge is 2.27. The van der Waals surface area contributed by atoms with Crippen LogP contribution < -0.4 is 10.2 Å². The number of nitrogens with zero attached hydrogens (tertiary/aromatic N) is 1. The molecular weight excluding hydrogens is 1060 g/mol. The number of hydrogen-bond acceptors (Lipinski definition) is 7. The zero-order valence-electron chi connectivity index (χ0n) is 55.6. The van der Waals surface area contributed by atoms with Crippen LogP contribution in [0.1, 0.15) is 310 Å². The summed E-state index contributed by atoms with van der Waals surface area (Å²) in [6.07, 6.45) is 85.3. The van der Waals surface area contributed by atoms with Crippen LogP contribution in [0.4, 0.5) is 0 Å². The minimum absolute atomic E-state index is 0.0310. The SMILES string of the molecule is CCCCC/C=C\C/C=C\C/C=C\C/C=C\CCCCCC(=O)OC(/C=C\CCCCCCCCCCCC)C(COP(=O)([O-])OCC[N+](C)(C)C)NC(=O)CCCCCCCCCCCCCCCC/C=C\C/C=C\C/C=C\CCCCC. The number of phosphoric acid groups is 1. The van der Waals surface area contributed by atoms with Crippen LogP contribution in [0.2, 0.25) is 0 Å². The van der Waals surface area contributed by atoms with Gasteiger partial charge in [0.2, 0.25) is 5.91 Å². The minimum atomic E-state index is -4.72. The normalized spacial score (nSPS) is 14.1. The number of amides is 1. The lowest BCUT2D eigenvalue weighted by Gasteiger charge is -2.30. The van der Waals surface area contributed by atoms with Crippen LogP contribution in [0.25, 0.3) is 0 Å². The number of ether oxygens (including phenoxy) is 1. The van der Waals surface area contributed by atoms with E-state index in [1.54, 1.807) is 0 Å². The zero-order chi connectivity index (χ0) is 61.4. The molecule has 0 bridgehead atoms. The van der Waals surface area contributed by atoms with Gasteiger partial charge in [-0.3, -0.25) is 14.2 Å². The van der Waals surface area contributed by atoms with Crippen molar-refractivity contribution in [2.75, 3.05) is 40.9 Å². The molecule has 0 aliphatic carbocycles. The summed E-state index contributed by atoms with van der Waals surface area (Å²) in [5.74, 6) is -0.575. The van der Waals surface area contributed by atoms with Crippen LogP contribution in [0.15, 0.2) is 97.2 Å². The number of phosphoric ester groups is 1. The summed E-state index contributed by atoms with van der Waals surface area (Å²) in [4.78, 5) is 40.1. The number of unbranched alkanes of at least 4 members (excludes halogenated alkanes) is 33. The molecule has 1 amide bonds. The lowest BCUT2D eigenvalue weighted by molar-refractivity contribution is -0.870. The second-order valence-corrected chi connectivity index (χ2v) is 26.1. The number of allylic oxidation sites excluding steroid dienone is 15. The number of carbonyl (C=O) groups excluding carboxylic acids is 2. The summed E-state index contributed by atoms with van der Waals surface area (Å²) < 4.78 is 30.4. The van der Waals surface area contributed by atoms with E-state index in [-0.39, 0.29) is 24.9 Å². The maximum absolute atomic E-state index is 13.6. The standard InChI is InChI=1S/C74H133N2O7P/c1-7-10-13-16-19-22-25-28-30-32-34-35-36-37-38-39-40-41-43-44-46-48-51-54-57-60-63-66-73(77)75-71(70-82-84(79,80)81-69-68-76(4,5)6)72(65-62-59-56-53-50-27-24-21-18-15-12-9-3)83-74(78)67-64-61-58-55-52-49-47-45-42-33-31-29-26-23-20-17-14-11-8-2/h19-20,22-23,28-31,34-35,42,45,49,52,62,65,71-72H,7-18,21,24-27,32-33,36-41,43-44,46-48,50-51,53-61,63-64,66-70H2,1-6H3,(H-,75,77,79,80)/b22-19-,23-20-,30-28-,31-29-,35-34-,45-42-,52-49-,65-62-. The average molecular weight is 1190 g/mol. The largest absolute Gasteiger partial charge is 0.756 e. The topological polar surface area (TPSA) is 114 Å². The highest BCUT2D eigenvalue weighted by Crippen LogP contribution is 2.38.